The fourth-order valence-corrected chi connectivity index (χ4v) is 4.16. The van der Waals surface area contributed by atoms with Gasteiger partial charge in [-0.2, -0.15) is 5.10 Å². The second kappa shape index (κ2) is 7.37. The predicted octanol–water partition coefficient (Wildman–Crippen LogP) is 3.84. The van der Waals surface area contributed by atoms with Crippen molar-refractivity contribution in [2.24, 2.45) is 5.92 Å². The minimum atomic E-state index is -0.832. The Hall–Kier alpha value is -2.97. The van der Waals surface area contributed by atoms with Crippen molar-refractivity contribution >= 4 is 17.8 Å². The third kappa shape index (κ3) is 3.53. The van der Waals surface area contributed by atoms with Crippen molar-refractivity contribution in [1.29, 1.82) is 0 Å². The van der Waals surface area contributed by atoms with Crippen molar-refractivity contribution in [3.05, 3.63) is 46.7 Å². The quantitative estimate of drug-likeness (QED) is 0.779. The topological polar surface area (TPSA) is 81.3 Å². The van der Waals surface area contributed by atoms with Gasteiger partial charge >= 0.3 is 6.03 Å². The molecule has 4 rings (SSSR count). The number of fused-ring (bicyclic) bond motifs is 1. The van der Waals surface area contributed by atoms with E-state index < -0.39 is 23.1 Å². The van der Waals surface area contributed by atoms with E-state index in [0.29, 0.717) is 17.5 Å². The van der Waals surface area contributed by atoms with Gasteiger partial charge in [-0.3, -0.25) is 9.89 Å². The average Bonchev–Trinajstić information content (AvgIpc) is 3.19. The lowest BCUT2D eigenvalue weighted by molar-refractivity contribution is 0.0949. The van der Waals surface area contributed by atoms with Gasteiger partial charge in [-0.25, -0.2) is 13.6 Å². The third-order valence-electron chi connectivity index (χ3n) is 6.11. The normalized spacial score (nSPS) is 18.4. The van der Waals surface area contributed by atoms with Gasteiger partial charge in [0, 0.05) is 30.3 Å². The zero-order valence-electron chi connectivity index (χ0n) is 17.3. The molecule has 2 aliphatic heterocycles. The molecule has 3 heterocycles. The number of hydrogen-bond donors (Lipinski definition) is 2. The number of nitrogens with zero attached hydrogens (tertiary/aromatic N) is 3. The van der Waals surface area contributed by atoms with Crippen molar-refractivity contribution in [2.45, 2.75) is 45.7 Å². The monoisotopic (exact) mass is 417 g/mol. The maximum Gasteiger partial charge on any atom is 0.321 e. The lowest BCUT2D eigenvalue weighted by atomic mass is 9.99. The SMILES string of the molecule is CC1CCN(C(=O)N2Cc3c(NC(=O)c4cc(F)cc(F)c4)n[nH]c3C2(C)C)CC1. The van der Waals surface area contributed by atoms with E-state index in [1.54, 1.807) is 4.90 Å². The molecule has 9 heteroatoms. The third-order valence-corrected chi connectivity index (χ3v) is 6.11. The number of benzene rings is 1. The summed E-state index contributed by atoms with van der Waals surface area (Å²) in [6.45, 7) is 7.79. The van der Waals surface area contributed by atoms with Crippen LogP contribution in [0.15, 0.2) is 18.2 Å². The van der Waals surface area contributed by atoms with Crippen LogP contribution in [0.1, 0.15) is 55.2 Å². The lowest BCUT2D eigenvalue weighted by Gasteiger charge is -2.38. The Bertz CT molecular complexity index is 975. The number of anilines is 1. The van der Waals surface area contributed by atoms with Gasteiger partial charge in [0.25, 0.3) is 5.91 Å². The smallest absolute Gasteiger partial charge is 0.321 e. The summed E-state index contributed by atoms with van der Waals surface area (Å²) in [6.07, 6.45) is 1.97. The summed E-state index contributed by atoms with van der Waals surface area (Å²) in [7, 11) is 0. The fourth-order valence-electron chi connectivity index (χ4n) is 4.16. The molecule has 1 aromatic carbocycles. The lowest BCUT2D eigenvalue weighted by Crippen LogP contribution is -2.50. The Morgan fingerprint density at radius 1 is 1.17 bits per heavy atom. The Balaban J connectivity index is 1.54. The molecule has 7 nitrogen and oxygen atoms in total. The molecule has 0 radical (unpaired) electrons. The molecule has 0 atom stereocenters. The van der Waals surface area contributed by atoms with E-state index in [0.717, 1.165) is 43.8 Å². The molecule has 1 saturated heterocycles. The molecular formula is C21H25F2N5O2. The second-order valence-corrected chi connectivity index (χ2v) is 8.64. The van der Waals surface area contributed by atoms with E-state index in [9.17, 15) is 18.4 Å². The van der Waals surface area contributed by atoms with Crippen LogP contribution in [0, 0.1) is 17.6 Å². The van der Waals surface area contributed by atoms with Crippen molar-refractivity contribution in [2.75, 3.05) is 18.4 Å². The van der Waals surface area contributed by atoms with Gasteiger partial charge in [0.2, 0.25) is 0 Å². The van der Waals surface area contributed by atoms with E-state index >= 15 is 0 Å². The van der Waals surface area contributed by atoms with E-state index in [-0.39, 0.29) is 24.0 Å². The number of amides is 3. The Morgan fingerprint density at radius 3 is 2.43 bits per heavy atom. The highest BCUT2D eigenvalue weighted by atomic mass is 19.1. The van der Waals surface area contributed by atoms with Gasteiger partial charge in [0.05, 0.1) is 17.8 Å². The van der Waals surface area contributed by atoms with E-state index in [4.69, 9.17) is 0 Å². The number of nitrogens with one attached hydrogen (secondary N) is 2. The van der Waals surface area contributed by atoms with Crippen molar-refractivity contribution in [3.63, 3.8) is 0 Å². The maximum absolute atomic E-state index is 13.4. The summed E-state index contributed by atoms with van der Waals surface area (Å²) >= 11 is 0. The number of aromatic amines is 1. The predicted molar refractivity (Wildman–Crippen MR) is 107 cm³/mol. The van der Waals surface area contributed by atoms with Crippen LogP contribution in [-0.2, 0) is 12.1 Å². The second-order valence-electron chi connectivity index (χ2n) is 8.64. The summed E-state index contributed by atoms with van der Waals surface area (Å²) in [5.41, 5.74) is 0.666. The van der Waals surface area contributed by atoms with E-state index in [1.807, 2.05) is 18.7 Å². The summed E-state index contributed by atoms with van der Waals surface area (Å²) in [5.74, 6) is -1.46. The molecule has 0 aliphatic carbocycles. The molecular weight excluding hydrogens is 392 g/mol. The molecule has 3 amide bonds. The minimum absolute atomic E-state index is 0.0408. The zero-order chi connectivity index (χ0) is 21.6. The number of piperidine rings is 1. The highest BCUT2D eigenvalue weighted by Gasteiger charge is 2.45. The van der Waals surface area contributed by atoms with Crippen LogP contribution < -0.4 is 5.32 Å². The van der Waals surface area contributed by atoms with E-state index in [1.165, 1.54) is 0 Å². The number of aromatic nitrogens is 2. The summed E-state index contributed by atoms with van der Waals surface area (Å²) < 4.78 is 26.9. The number of hydrogen-bond acceptors (Lipinski definition) is 3. The van der Waals surface area contributed by atoms with Gasteiger partial charge in [0.1, 0.15) is 11.6 Å². The fraction of sp³-hybridized carbons (Fsp3) is 0.476. The number of halogens is 2. The number of H-pyrrole nitrogens is 1. The molecule has 2 N–H and O–H groups in total. The largest absolute Gasteiger partial charge is 0.325 e. The summed E-state index contributed by atoms with van der Waals surface area (Å²) in [5, 5.41) is 9.70. The molecule has 1 aromatic heterocycles. The van der Waals surface area contributed by atoms with Gasteiger partial charge in [0.15, 0.2) is 5.82 Å². The number of urea groups is 1. The Labute approximate surface area is 173 Å². The molecule has 2 aliphatic rings. The molecule has 160 valence electrons. The van der Waals surface area contributed by atoms with Crippen molar-refractivity contribution in [3.8, 4) is 0 Å². The zero-order valence-corrected chi connectivity index (χ0v) is 17.3. The van der Waals surface area contributed by atoms with Gasteiger partial charge in [-0.1, -0.05) is 6.92 Å². The van der Waals surface area contributed by atoms with Crippen LogP contribution in [0.4, 0.5) is 19.4 Å². The molecule has 0 spiro atoms. The van der Waals surface area contributed by atoms with Crippen molar-refractivity contribution < 1.29 is 18.4 Å². The van der Waals surface area contributed by atoms with Crippen molar-refractivity contribution in [1.82, 2.24) is 20.0 Å². The maximum atomic E-state index is 13.4. The van der Waals surface area contributed by atoms with Crippen LogP contribution in [0.5, 0.6) is 0 Å². The highest BCUT2D eigenvalue weighted by Crippen LogP contribution is 2.41. The summed E-state index contributed by atoms with van der Waals surface area (Å²) in [6, 6.07) is 2.59. The van der Waals surface area contributed by atoms with Gasteiger partial charge in [-0.15, -0.1) is 0 Å². The first-order valence-electron chi connectivity index (χ1n) is 10.1. The number of carbonyl (C=O) groups is 2. The minimum Gasteiger partial charge on any atom is -0.325 e. The Kier molecular flexibility index (Phi) is 4.99. The molecule has 2 aromatic rings. The number of carbonyl (C=O) groups excluding carboxylic acids is 2. The molecule has 0 unspecified atom stereocenters. The van der Waals surface area contributed by atoms with Crippen LogP contribution >= 0.6 is 0 Å². The van der Waals surface area contributed by atoms with E-state index in [2.05, 4.69) is 22.4 Å². The molecule has 0 saturated carbocycles. The van der Waals surface area contributed by atoms with Crippen LogP contribution in [-0.4, -0.2) is 45.0 Å². The first kappa shape index (κ1) is 20.3. The summed E-state index contributed by atoms with van der Waals surface area (Å²) in [4.78, 5) is 29.3. The molecule has 30 heavy (non-hydrogen) atoms. The van der Waals surface area contributed by atoms with Crippen LogP contribution in [0.25, 0.3) is 0 Å². The van der Waals surface area contributed by atoms with Gasteiger partial charge < -0.3 is 15.1 Å². The highest BCUT2D eigenvalue weighted by molar-refractivity contribution is 6.04. The standard InChI is InChI=1S/C21H25F2N5O2/c1-12-4-6-27(7-5-12)20(30)28-11-16-17(21(28,2)3)25-26-18(16)24-19(29)13-8-14(22)10-15(23)9-13/h8-10,12H,4-7,11H2,1-3H3,(H2,24,25,26,29). The van der Waals surface area contributed by atoms with Gasteiger partial charge in [-0.05, 0) is 44.7 Å². The number of likely N-dealkylation sites (tertiary alicyclic amines) is 1. The van der Waals surface area contributed by atoms with Crippen LogP contribution in [0.3, 0.4) is 0 Å². The Morgan fingerprint density at radius 2 is 1.80 bits per heavy atom. The molecule has 0 bridgehead atoms. The molecule has 1 fully saturated rings. The first-order chi connectivity index (χ1) is 14.2. The van der Waals surface area contributed by atoms with Crippen LogP contribution in [0.2, 0.25) is 0 Å². The average molecular weight is 417 g/mol. The number of rotatable bonds is 2. The first-order valence-corrected chi connectivity index (χ1v) is 10.1.